The maximum Gasteiger partial charge on any atom is 0.151 e. The molecule has 2 aromatic carbocycles. The number of nitrogen functional groups attached to an aromatic ring is 1. The molecular weight excluding hydrogens is 260 g/mol. The Kier molecular flexibility index (Phi) is 2.89. The Morgan fingerprint density at radius 2 is 1.95 bits per heavy atom. The van der Waals surface area contributed by atoms with Gasteiger partial charge in [-0.3, -0.25) is 0 Å². The maximum atomic E-state index is 13.8. The number of aromatic nitrogens is 2. The molecule has 1 heterocycles. The Morgan fingerprint density at radius 3 is 2.65 bits per heavy atom. The van der Waals surface area contributed by atoms with Crippen LogP contribution in [-0.4, -0.2) is 9.55 Å². The average molecular weight is 273 g/mol. The van der Waals surface area contributed by atoms with E-state index in [0.717, 1.165) is 0 Å². The zero-order valence-corrected chi connectivity index (χ0v) is 10.9. The minimum Gasteiger partial charge on any atom is -0.396 e. The van der Waals surface area contributed by atoms with Crippen molar-refractivity contribution in [2.45, 2.75) is 13.5 Å². The van der Waals surface area contributed by atoms with Crippen LogP contribution in [0, 0.1) is 11.6 Å². The predicted octanol–water partition coefficient (Wildman–Crippen LogP) is 3.58. The van der Waals surface area contributed by atoms with E-state index in [1.165, 1.54) is 18.2 Å². The number of imidazole rings is 1. The van der Waals surface area contributed by atoms with Crippen molar-refractivity contribution < 1.29 is 8.78 Å². The molecule has 1 aromatic heterocycles. The number of fused-ring (bicyclic) bond motifs is 1. The van der Waals surface area contributed by atoms with E-state index < -0.39 is 5.82 Å². The van der Waals surface area contributed by atoms with Crippen molar-refractivity contribution in [1.29, 1.82) is 0 Å². The Labute approximate surface area is 114 Å². The number of nitrogens with zero attached hydrogens (tertiary/aromatic N) is 2. The standard InChI is InChI=1S/C15H13F2N3/c1-2-20-13-5-3-4-10(16)14(13)19-15(20)9-6-7-12(18)11(17)8-9/h3-8H,2,18H2,1H3. The van der Waals surface area contributed by atoms with Crippen LogP contribution in [0.4, 0.5) is 14.5 Å². The number of hydrogen-bond donors (Lipinski definition) is 1. The molecule has 0 aliphatic carbocycles. The summed E-state index contributed by atoms with van der Waals surface area (Å²) in [6.07, 6.45) is 0. The van der Waals surface area contributed by atoms with Crippen molar-refractivity contribution in [2.75, 3.05) is 5.73 Å². The first kappa shape index (κ1) is 12.6. The van der Waals surface area contributed by atoms with Gasteiger partial charge < -0.3 is 10.3 Å². The molecule has 0 fully saturated rings. The zero-order chi connectivity index (χ0) is 14.3. The minimum atomic E-state index is -0.502. The normalized spacial score (nSPS) is 11.2. The second-order valence-corrected chi connectivity index (χ2v) is 4.52. The number of anilines is 1. The molecule has 20 heavy (non-hydrogen) atoms. The van der Waals surface area contributed by atoms with Crippen LogP contribution in [0.5, 0.6) is 0 Å². The number of benzene rings is 2. The van der Waals surface area contributed by atoms with Gasteiger partial charge in [0.05, 0.1) is 11.2 Å². The van der Waals surface area contributed by atoms with E-state index in [9.17, 15) is 8.78 Å². The van der Waals surface area contributed by atoms with Crippen LogP contribution in [0.15, 0.2) is 36.4 Å². The number of rotatable bonds is 2. The summed E-state index contributed by atoms with van der Waals surface area (Å²) in [4.78, 5) is 4.30. The second-order valence-electron chi connectivity index (χ2n) is 4.52. The molecule has 2 N–H and O–H groups in total. The molecule has 0 spiro atoms. The van der Waals surface area contributed by atoms with Crippen LogP contribution in [0.3, 0.4) is 0 Å². The number of para-hydroxylation sites is 1. The van der Waals surface area contributed by atoms with Crippen molar-refractivity contribution in [1.82, 2.24) is 9.55 Å². The first-order valence-corrected chi connectivity index (χ1v) is 6.32. The zero-order valence-electron chi connectivity index (χ0n) is 10.9. The Balaban J connectivity index is 2.30. The Morgan fingerprint density at radius 1 is 1.15 bits per heavy atom. The Hall–Kier alpha value is -2.43. The summed E-state index contributed by atoms with van der Waals surface area (Å²) in [5.41, 5.74) is 7.12. The molecule has 0 amide bonds. The van der Waals surface area contributed by atoms with Crippen LogP contribution in [0.1, 0.15) is 6.92 Å². The highest BCUT2D eigenvalue weighted by atomic mass is 19.1. The molecule has 3 nitrogen and oxygen atoms in total. The highest BCUT2D eigenvalue weighted by Crippen LogP contribution is 2.27. The lowest BCUT2D eigenvalue weighted by molar-refractivity contribution is 0.632. The van der Waals surface area contributed by atoms with Gasteiger partial charge in [0, 0.05) is 12.1 Å². The van der Waals surface area contributed by atoms with Gasteiger partial charge in [0.2, 0.25) is 0 Å². The number of aryl methyl sites for hydroxylation is 1. The quantitative estimate of drug-likeness (QED) is 0.725. The molecular formula is C15H13F2N3. The van der Waals surface area contributed by atoms with Crippen molar-refractivity contribution >= 4 is 16.7 Å². The van der Waals surface area contributed by atoms with Crippen molar-refractivity contribution in [3.63, 3.8) is 0 Å². The number of halogens is 2. The lowest BCUT2D eigenvalue weighted by Crippen LogP contribution is -1.98. The summed E-state index contributed by atoms with van der Waals surface area (Å²) >= 11 is 0. The lowest BCUT2D eigenvalue weighted by atomic mass is 10.2. The first-order valence-electron chi connectivity index (χ1n) is 6.32. The maximum absolute atomic E-state index is 13.8. The fraction of sp³-hybridized carbons (Fsp3) is 0.133. The average Bonchev–Trinajstić information content (AvgIpc) is 2.82. The van der Waals surface area contributed by atoms with Gasteiger partial charge in [-0.2, -0.15) is 0 Å². The van der Waals surface area contributed by atoms with Gasteiger partial charge in [-0.1, -0.05) is 6.07 Å². The lowest BCUT2D eigenvalue weighted by Gasteiger charge is -2.06. The molecule has 3 rings (SSSR count). The fourth-order valence-corrected chi connectivity index (χ4v) is 2.32. The topological polar surface area (TPSA) is 43.8 Å². The third-order valence-corrected chi connectivity index (χ3v) is 3.30. The summed E-state index contributed by atoms with van der Waals surface area (Å²) in [5.74, 6) is -0.351. The molecule has 0 saturated carbocycles. The molecule has 0 aliphatic rings. The SMILES string of the molecule is CCn1c(-c2ccc(N)c(F)c2)nc2c(F)cccc21. The van der Waals surface area contributed by atoms with E-state index in [4.69, 9.17) is 5.73 Å². The molecule has 0 unspecified atom stereocenters. The monoisotopic (exact) mass is 273 g/mol. The summed E-state index contributed by atoms with van der Waals surface area (Å²) in [6, 6.07) is 9.29. The molecule has 0 saturated heterocycles. The molecule has 5 heteroatoms. The van der Waals surface area contributed by atoms with Crippen molar-refractivity contribution in [2.24, 2.45) is 0 Å². The van der Waals surface area contributed by atoms with E-state index in [2.05, 4.69) is 4.98 Å². The van der Waals surface area contributed by atoms with Crippen molar-refractivity contribution in [3.05, 3.63) is 48.0 Å². The molecule has 0 aliphatic heterocycles. The van der Waals surface area contributed by atoms with Gasteiger partial charge >= 0.3 is 0 Å². The molecule has 0 atom stereocenters. The smallest absolute Gasteiger partial charge is 0.151 e. The van der Waals surface area contributed by atoms with Crippen LogP contribution in [-0.2, 0) is 6.54 Å². The van der Waals surface area contributed by atoms with Crippen LogP contribution < -0.4 is 5.73 Å². The summed E-state index contributed by atoms with van der Waals surface area (Å²) in [7, 11) is 0. The third-order valence-electron chi connectivity index (χ3n) is 3.30. The van der Waals surface area contributed by atoms with Gasteiger partial charge in [0.15, 0.2) is 5.82 Å². The van der Waals surface area contributed by atoms with Crippen molar-refractivity contribution in [3.8, 4) is 11.4 Å². The van der Waals surface area contributed by atoms with Gasteiger partial charge in [0.1, 0.15) is 17.2 Å². The summed E-state index contributed by atoms with van der Waals surface area (Å²) in [5, 5.41) is 0. The van der Waals surface area contributed by atoms with Gasteiger partial charge in [0.25, 0.3) is 0 Å². The van der Waals surface area contributed by atoms with Gasteiger partial charge in [-0.15, -0.1) is 0 Å². The molecule has 0 radical (unpaired) electrons. The van der Waals surface area contributed by atoms with E-state index >= 15 is 0 Å². The van der Waals surface area contributed by atoms with Crippen LogP contribution >= 0.6 is 0 Å². The summed E-state index contributed by atoms with van der Waals surface area (Å²) < 4.78 is 29.3. The van der Waals surface area contributed by atoms with E-state index in [1.807, 2.05) is 11.5 Å². The van der Waals surface area contributed by atoms with E-state index in [-0.39, 0.29) is 11.5 Å². The molecule has 3 aromatic rings. The third kappa shape index (κ3) is 1.82. The highest BCUT2D eigenvalue weighted by molar-refractivity contribution is 5.81. The summed E-state index contributed by atoms with van der Waals surface area (Å²) in [6.45, 7) is 2.55. The van der Waals surface area contributed by atoms with E-state index in [1.54, 1.807) is 18.2 Å². The van der Waals surface area contributed by atoms with Crippen LogP contribution in [0.2, 0.25) is 0 Å². The second kappa shape index (κ2) is 4.59. The van der Waals surface area contributed by atoms with Gasteiger partial charge in [-0.25, -0.2) is 13.8 Å². The van der Waals surface area contributed by atoms with Gasteiger partial charge in [-0.05, 0) is 37.3 Å². The number of nitrogens with two attached hydrogens (primary N) is 1. The largest absolute Gasteiger partial charge is 0.396 e. The minimum absolute atomic E-state index is 0.0825. The highest BCUT2D eigenvalue weighted by Gasteiger charge is 2.15. The fourth-order valence-electron chi connectivity index (χ4n) is 2.32. The number of hydrogen-bond acceptors (Lipinski definition) is 2. The Bertz CT molecular complexity index is 793. The molecule has 102 valence electrons. The van der Waals surface area contributed by atoms with Crippen LogP contribution in [0.25, 0.3) is 22.4 Å². The molecule has 0 bridgehead atoms. The predicted molar refractivity (Wildman–Crippen MR) is 75.2 cm³/mol. The van der Waals surface area contributed by atoms with E-state index in [0.29, 0.717) is 29.0 Å². The first-order chi connectivity index (χ1) is 9.61.